The van der Waals surface area contributed by atoms with Crippen molar-refractivity contribution in [3.63, 3.8) is 0 Å². The second-order valence-corrected chi connectivity index (χ2v) is 3.55. The largest absolute Gasteiger partial charge is 0.464 e. The summed E-state index contributed by atoms with van der Waals surface area (Å²) >= 11 is 0. The first-order chi connectivity index (χ1) is 7.81. The molecular formula is C11H14N2O3. The van der Waals surface area contributed by atoms with Crippen molar-refractivity contribution in [3.8, 4) is 0 Å². The van der Waals surface area contributed by atoms with Crippen molar-refractivity contribution in [3.05, 3.63) is 24.0 Å². The monoisotopic (exact) mass is 222 g/mol. The number of nitrogens with one attached hydrogen (secondary N) is 1. The normalized spacial score (nSPS) is 18.7. The van der Waals surface area contributed by atoms with Crippen molar-refractivity contribution in [1.29, 1.82) is 0 Å². The van der Waals surface area contributed by atoms with Crippen molar-refractivity contribution in [1.82, 2.24) is 4.98 Å². The number of pyridine rings is 1. The quantitative estimate of drug-likeness (QED) is 0.772. The first-order valence-electron chi connectivity index (χ1n) is 5.20. The van der Waals surface area contributed by atoms with E-state index in [2.05, 4.69) is 15.0 Å². The van der Waals surface area contributed by atoms with Gasteiger partial charge in [-0.2, -0.15) is 0 Å². The van der Waals surface area contributed by atoms with E-state index in [4.69, 9.17) is 4.74 Å². The Balaban J connectivity index is 2.03. The van der Waals surface area contributed by atoms with Crippen LogP contribution in [0.4, 0.5) is 5.69 Å². The predicted octanol–water partition coefficient (Wildman–Crippen LogP) is 1.07. The van der Waals surface area contributed by atoms with Gasteiger partial charge in [-0.05, 0) is 18.6 Å². The maximum Gasteiger partial charge on any atom is 0.358 e. The minimum atomic E-state index is -0.433. The third kappa shape index (κ3) is 2.30. The van der Waals surface area contributed by atoms with Crippen LogP contribution in [0.1, 0.15) is 16.9 Å². The summed E-state index contributed by atoms with van der Waals surface area (Å²) in [6, 6.07) is 3.58. The third-order valence-corrected chi connectivity index (χ3v) is 2.50. The smallest absolute Gasteiger partial charge is 0.358 e. The fourth-order valence-electron chi connectivity index (χ4n) is 1.48. The number of carbonyl (C=O) groups is 1. The molecule has 1 fully saturated rings. The second-order valence-electron chi connectivity index (χ2n) is 3.55. The highest BCUT2D eigenvalue weighted by molar-refractivity contribution is 5.93. The van der Waals surface area contributed by atoms with Crippen molar-refractivity contribution < 1.29 is 14.3 Å². The van der Waals surface area contributed by atoms with E-state index in [1.54, 1.807) is 18.3 Å². The zero-order chi connectivity index (χ0) is 11.4. The first-order valence-corrected chi connectivity index (χ1v) is 5.20. The van der Waals surface area contributed by atoms with Gasteiger partial charge in [0.25, 0.3) is 0 Å². The van der Waals surface area contributed by atoms with Crippen LogP contribution in [0, 0.1) is 0 Å². The van der Waals surface area contributed by atoms with Crippen LogP contribution in [0.15, 0.2) is 18.3 Å². The number of ether oxygens (including phenoxy) is 2. The molecule has 5 nitrogen and oxygen atoms in total. The van der Waals surface area contributed by atoms with Crippen LogP contribution >= 0.6 is 0 Å². The molecule has 1 aliphatic rings. The van der Waals surface area contributed by atoms with E-state index in [1.807, 2.05) is 0 Å². The highest BCUT2D eigenvalue weighted by Gasteiger charge is 2.19. The minimum Gasteiger partial charge on any atom is -0.464 e. The molecule has 1 saturated heterocycles. The number of rotatable bonds is 4. The van der Waals surface area contributed by atoms with Gasteiger partial charge in [-0.25, -0.2) is 9.78 Å². The molecule has 0 amide bonds. The predicted molar refractivity (Wildman–Crippen MR) is 58.4 cm³/mol. The molecule has 1 atom stereocenters. The molecule has 0 aromatic carbocycles. The van der Waals surface area contributed by atoms with Crippen molar-refractivity contribution in [2.45, 2.75) is 12.5 Å². The molecule has 2 heterocycles. The lowest BCUT2D eigenvalue weighted by Gasteiger charge is -2.27. The molecule has 0 saturated carbocycles. The minimum absolute atomic E-state index is 0.241. The summed E-state index contributed by atoms with van der Waals surface area (Å²) in [5.41, 5.74) is 0.995. The van der Waals surface area contributed by atoms with Gasteiger partial charge in [-0.1, -0.05) is 0 Å². The summed E-state index contributed by atoms with van der Waals surface area (Å²) in [7, 11) is 1.34. The van der Waals surface area contributed by atoms with E-state index in [9.17, 15) is 4.79 Å². The number of carbonyl (C=O) groups excluding carboxylic acids is 1. The molecule has 1 aromatic heterocycles. The summed E-state index contributed by atoms with van der Waals surface area (Å²) < 4.78 is 9.93. The SMILES string of the molecule is COC(=O)c1ncccc1NCC1CCO1. The summed E-state index contributed by atoms with van der Waals surface area (Å²) in [4.78, 5) is 15.4. The van der Waals surface area contributed by atoms with E-state index in [0.29, 0.717) is 17.9 Å². The topological polar surface area (TPSA) is 60.5 Å². The van der Waals surface area contributed by atoms with Crippen LogP contribution in [-0.2, 0) is 9.47 Å². The number of hydrogen-bond donors (Lipinski definition) is 1. The summed E-state index contributed by atoms with van der Waals surface area (Å²) in [5.74, 6) is -0.433. The number of aromatic nitrogens is 1. The second kappa shape index (κ2) is 4.94. The number of hydrogen-bond acceptors (Lipinski definition) is 5. The Bertz CT molecular complexity index is 377. The van der Waals surface area contributed by atoms with E-state index in [1.165, 1.54) is 7.11 Å². The molecule has 0 radical (unpaired) electrons. The fourth-order valence-corrected chi connectivity index (χ4v) is 1.48. The van der Waals surface area contributed by atoms with Crippen molar-refractivity contribution in [2.75, 3.05) is 25.6 Å². The number of anilines is 1. The summed E-state index contributed by atoms with van der Waals surface area (Å²) in [6.07, 6.45) is 2.86. The van der Waals surface area contributed by atoms with E-state index in [-0.39, 0.29) is 6.10 Å². The van der Waals surface area contributed by atoms with Crippen LogP contribution in [0.5, 0.6) is 0 Å². The zero-order valence-corrected chi connectivity index (χ0v) is 9.10. The third-order valence-electron chi connectivity index (χ3n) is 2.50. The van der Waals surface area contributed by atoms with E-state index >= 15 is 0 Å². The van der Waals surface area contributed by atoms with Crippen molar-refractivity contribution >= 4 is 11.7 Å². The molecule has 0 bridgehead atoms. The standard InChI is InChI=1S/C11H14N2O3/c1-15-11(14)10-9(3-2-5-12-10)13-7-8-4-6-16-8/h2-3,5,8,13H,4,6-7H2,1H3. The Morgan fingerprint density at radius 1 is 1.75 bits per heavy atom. The lowest BCUT2D eigenvalue weighted by molar-refractivity contribution is -0.0410. The lowest BCUT2D eigenvalue weighted by atomic mass is 10.2. The molecule has 1 N–H and O–H groups in total. The van der Waals surface area contributed by atoms with Gasteiger partial charge in [0.1, 0.15) is 0 Å². The van der Waals surface area contributed by atoms with E-state index in [0.717, 1.165) is 13.0 Å². The van der Waals surface area contributed by atoms with Crippen LogP contribution in [-0.4, -0.2) is 37.3 Å². The Labute approximate surface area is 93.8 Å². The van der Waals surface area contributed by atoms with Crippen molar-refractivity contribution in [2.24, 2.45) is 0 Å². The van der Waals surface area contributed by atoms with Crippen LogP contribution in [0.3, 0.4) is 0 Å². The highest BCUT2D eigenvalue weighted by atomic mass is 16.5. The van der Waals surface area contributed by atoms with Crippen LogP contribution in [0.25, 0.3) is 0 Å². The average molecular weight is 222 g/mol. The maximum atomic E-state index is 11.4. The molecule has 0 spiro atoms. The number of methoxy groups -OCH3 is 1. The van der Waals surface area contributed by atoms with E-state index < -0.39 is 5.97 Å². The van der Waals surface area contributed by atoms with Gasteiger partial charge in [0, 0.05) is 19.3 Å². The Kier molecular flexibility index (Phi) is 3.36. The molecular weight excluding hydrogens is 208 g/mol. The zero-order valence-electron chi connectivity index (χ0n) is 9.10. The molecule has 1 aliphatic heterocycles. The van der Waals surface area contributed by atoms with Crippen LogP contribution in [0.2, 0.25) is 0 Å². The van der Waals surface area contributed by atoms with Gasteiger partial charge >= 0.3 is 5.97 Å². The molecule has 2 rings (SSSR count). The molecule has 16 heavy (non-hydrogen) atoms. The first kappa shape index (κ1) is 10.9. The number of nitrogens with zero attached hydrogens (tertiary/aromatic N) is 1. The molecule has 0 aliphatic carbocycles. The van der Waals surface area contributed by atoms with Crippen LogP contribution < -0.4 is 5.32 Å². The molecule has 1 unspecified atom stereocenters. The average Bonchev–Trinajstić information content (AvgIpc) is 2.26. The molecule has 86 valence electrons. The Hall–Kier alpha value is -1.62. The molecule has 1 aromatic rings. The van der Waals surface area contributed by atoms with Gasteiger partial charge in [-0.15, -0.1) is 0 Å². The van der Waals surface area contributed by atoms with Gasteiger partial charge in [0.2, 0.25) is 0 Å². The van der Waals surface area contributed by atoms with Gasteiger partial charge in [-0.3, -0.25) is 0 Å². The Morgan fingerprint density at radius 3 is 3.19 bits per heavy atom. The van der Waals surface area contributed by atoms with Gasteiger partial charge in [0.05, 0.1) is 18.9 Å². The summed E-state index contributed by atoms with van der Waals surface area (Å²) in [6.45, 7) is 1.51. The lowest BCUT2D eigenvalue weighted by Crippen LogP contribution is -2.33. The molecule has 5 heteroatoms. The highest BCUT2D eigenvalue weighted by Crippen LogP contribution is 2.16. The Morgan fingerprint density at radius 2 is 2.56 bits per heavy atom. The van der Waals surface area contributed by atoms with Gasteiger partial charge in [0.15, 0.2) is 5.69 Å². The number of esters is 1. The fraction of sp³-hybridized carbons (Fsp3) is 0.455. The maximum absolute atomic E-state index is 11.4. The summed E-state index contributed by atoms with van der Waals surface area (Å²) in [5, 5.41) is 3.14. The van der Waals surface area contributed by atoms with Gasteiger partial charge < -0.3 is 14.8 Å².